The van der Waals surface area contributed by atoms with Gasteiger partial charge in [0.15, 0.2) is 0 Å². The molecule has 0 saturated carbocycles. The van der Waals surface area contributed by atoms with Crippen LogP contribution >= 0.6 is 0 Å². The third kappa shape index (κ3) is 6.18. The topological polar surface area (TPSA) is 104 Å². The third-order valence-electron chi connectivity index (χ3n) is 5.64. The summed E-state index contributed by atoms with van der Waals surface area (Å²) in [7, 11) is 1.61. The predicted octanol–water partition coefficient (Wildman–Crippen LogP) is 3.64. The van der Waals surface area contributed by atoms with E-state index >= 15 is 0 Å². The van der Waals surface area contributed by atoms with E-state index in [1.807, 2.05) is 24.3 Å². The molecule has 0 amide bonds. The van der Waals surface area contributed by atoms with Gasteiger partial charge in [0, 0.05) is 30.5 Å². The lowest BCUT2D eigenvalue weighted by atomic mass is 9.69. The molecule has 0 saturated heterocycles. The molecule has 2 rings (SSSR count). The minimum absolute atomic E-state index is 0.189. The summed E-state index contributed by atoms with van der Waals surface area (Å²) in [5.41, 5.74) is 2.37. The van der Waals surface area contributed by atoms with Crippen LogP contribution in [-0.4, -0.2) is 62.7 Å². The van der Waals surface area contributed by atoms with Gasteiger partial charge in [0.2, 0.25) is 0 Å². The average Bonchev–Trinajstić information content (AvgIpc) is 2.79. The summed E-state index contributed by atoms with van der Waals surface area (Å²) in [5.74, 6) is -3.60. The van der Waals surface area contributed by atoms with E-state index in [0.29, 0.717) is 22.4 Å². The normalized spacial score (nSPS) is 22.8. The number of carbonyl (C=O) groups is 3. The lowest BCUT2D eigenvalue weighted by molar-refractivity contribution is -0.152. The number of esters is 3. The third-order valence-corrected chi connectivity index (χ3v) is 5.64. The number of aliphatic imine (C=N–C) groups is 2. The Labute approximate surface area is 201 Å². The maximum absolute atomic E-state index is 13.2. The molecule has 0 bridgehead atoms. The molecule has 1 aliphatic heterocycles. The van der Waals surface area contributed by atoms with Crippen molar-refractivity contribution in [3.63, 3.8) is 0 Å². The molecule has 0 N–H and O–H groups in total. The summed E-state index contributed by atoms with van der Waals surface area (Å²) >= 11 is 0. The van der Waals surface area contributed by atoms with Gasteiger partial charge >= 0.3 is 17.9 Å². The van der Waals surface area contributed by atoms with Gasteiger partial charge in [-0.3, -0.25) is 19.6 Å². The lowest BCUT2D eigenvalue weighted by Gasteiger charge is -2.38. The molecule has 0 aliphatic carbocycles. The van der Waals surface area contributed by atoms with Crippen molar-refractivity contribution in [1.82, 2.24) is 0 Å². The Morgan fingerprint density at radius 2 is 1.62 bits per heavy atom. The zero-order valence-electron chi connectivity index (χ0n) is 20.7. The Morgan fingerprint density at radius 1 is 1.00 bits per heavy atom. The number of hydrogen-bond donors (Lipinski definition) is 0. The molecule has 4 unspecified atom stereocenters. The molecule has 1 aromatic rings. The van der Waals surface area contributed by atoms with Crippen LogP contribution in [0.15, 0.2) is 39.8 Å². The largest absolute Gasteiger partial charge is 0.466 e. The molecule has 0 fully saturated rings. The van der Waals surface area contributed by atoms with Gasteiger partial charge in [-0.05, 0) is 51.8 Å². The van der Waals surface area contributed by atoms with Crippen molar-refractivity contribution in [3.8, 4) is 0 Å². The highest BCUT2D eigenvalue weighted by molar-refractivity contribution is 6.05. The first-order chi connectivity index (χ1) is 16.3. The summed E-state index contributed by atoms with van der Waals surface area (Å²) in [5, 5.41) is 0. The molecular weight excluding hydrogens is 436 g/mol. The van der Waals surface area contributed by atoms with Gasteiger partial charge in [-0.1, -0.05) is 24.3 Å². The Bertz CT molecular complexity index is 981. The molecule has 0 spiro atoms. The minimum atomic E-state index is -0.806. The number of ether oxygens (including phenoxy) is 3. The van der Waals surface area contributed by atoms with Crippen molar-refractivity contribution >= 4 is 35.9 Å². The minimum Gasteiger partial charge on any atom is -0.466 e. The highest BCUT2D eigenvalue weighted by Crippen LogP contribution is 2.42. The Kier molecular flexibility index (Phi) is 10.2. The van der Waals surface area contributed by atoms with E-state index in [1.165, 1.54) is 0 Å². The molecule has 4 atom stereocenters. The van der Waals surface area contributed by atoms with Crippen LogP contribution in [0.25, 0.3) is 6.08 Å². The number of benzene rings is 1. The zero-order chi connectivity index (χ0) is 25.3. The number of hydrogen-bond acceptors (Lipinski definition) is 8. The van der Waals surface area contributed by atoms with Crippen LogP contribution in [0.3, 0.4) is 0 Å². The highest BCUT2D eigenvalue weighted by Gasteiger charge is 2.49. The van der Waals surface area contributed by atoms with Crippen molar-refractivity contribution in [2.45, 2.75) is 46.6 Å². The Hall–Kier alpha value is -3.29. The van der Waals surface area contributed by atoms with Crippen molar-refractivity contribution in [2.75, 3.05) is 26.9 Å². The van der Waals surface area contributed by atoms with Gasteiger partial charge in [0.25, 0.3) is 0 Å². The SMILES string of the molecule is CCOC(=O)C(C)=Cc1ccccc1C1C(C(=O)OCC)C(C)=NC(C=NC)C1C(=O)OCC. The molecular formula is C26H34N2O6. The Balaban J connectivity index is 2.76. The van der Waals surface area contributed by atoms with Crippen LogP contribution in [0, 0.1) is 11.8 Å². The van der Waals surface area contributed by atoms with Gasteiger partial charge in [0.05, 0.1) is 31.8 Å². The van der Waals surface area contributed by atoms with Gasteiger partial charge in [0.1, 0.15) is 5.92 Å². The summed E-state index contributed by atoms with van der Waals surface area (Å²) < 4.78 is 15.9. The fraction of sp³-hybridized carbons (Fsp3) is 0.500. The number of carbonyl (C=O) groups excluding carboxylic acids is 3. The maximum Gasteiger partial charge on any atom is 0.333 e. The van der Waals surface area contributed by atoms with E-state index in [0.717, 1.165) is 0 Å². The van der Waals surface area contributed by atoms with Crippen LogP contribution in [0.2, 0.25) is 0 Å². The molecule has 1 aliphatic rings. The number of rotatable bonds is 9. The number of nitrogens with zero attached hydrogens (tertiary/aromatic N) is 2. The first kappa shape index (κ1) is 27.0. The van der Waals surface area contributed by atoms with Crippen molar-refractivity contribution in [3.05, 3.63) is 41.0 Å². The fourth-order valence-corrected chi connectivity index (χ4v) is 4.28. The van der Waals surface area contributed by atoms with Gasteiger partial charge in [-0.15, -0.1) is 0 Å². The van der Waals surface area contributed by atoms with Crippen LogP contribution in [0.4, 0.5) is 0 Å². The first-order valence-electron chi connectivity index (χ1n) is 11.5. The lowest BCUT2D eigenvalue weighted by Crippen LogP contribution is -2.47. The fourth-order valence-electron chi connectivity index (χ4n) is 4.28. The van der Waals surface area contributed by atoms with E-state index in [-0.39, 0.29) is 19.8 Å². The molecule has 0 aromatic heterocycles. The van der Waals surface area contributed by atoms with E-state index < -0.39 is 41.7 Å². The van der Waals surface area contributed by atoms with E-state index in [2.05, 4.69) is 9.98 Å². The van der Waals surface area contributed by atoms with Crippen molar-refractivity contribution in [2.24, 2.45) is 21.8 Å². The van der Waals surface area contributed by atoms with Crippen molar-refractivity contribution < 1.29 is 28.6 Å². The summed E-state index contributed by atoms with van der Waals surface area (Å²) in [6.07, 6.45) is 3.31. The molecule has 0 radical (unpaired) electrons. The van der Waals surface area contributed by atoms with E-state index in [1.54, 1.807) is 54.0 Å². The quantitative estimate of drug-likeness (QED) is 0.236. The van der Waals surface area contributed by atoms with E-state index in [4.69, 9.17) is 14.2 Å². The summed E-state index contributed by atoms with van der Waals surface area (Å²) in [4.78, 5) is 47.4. The van der Waals surface area contributed by atoms with Crippen molar-refractivity contribution in [1.29, 1.82) is 0 Å². The summed E-state index contributed by atoms with van der Waals surface area (Å²) in [6.45, 7) is 9.28. The molecule has 1 heterocycles. The van der Waals surface area contributed by atoms with Gasteiger partial charge in [-0.2, -0.15) is 0 Å². The Morgan fingerprint density at radius 3 is 2.24 bits per heavy atom. The first-order valence-corrected chi connectivity index (χ1v) is 11.5. The monoisotopic (exact) mass is 470 g/mol. The molecule has 8 nitrogen and oxygen atoms in total. The maximum atomic E-state index is 13.2. The van der Waals surface area contributed by atoms with E-state index in [9.17, 15) is 14.4 Å². The van der Waals surface area contributed by atoms with Crippen LogP contribution in [-0.2, 0) is 28.6 Å². The average molecular weight is 471 g/mol. The van der Waals surface area contributed by atoms with Gasteiger partial charge < -0.3 is 14.2 Å². The molecule has 34 heavy (non-hydrogen) atoms. The second-order valence-corrected chi connectivity index (χ2v) is 7.88. The molecule has 8 heteroatoms. The van der Waals surface area contributed by atoms with Crippen LogP contribution < -0.4 is 0 Å². The summed E-state index contributed by atoms with van der Waals surface area (Å²) in [6, 6.07) is 6.75. The second-order valence-electron chi connectivity index (χ2n) is 7.88. The smallest absolute Gasteiger partial charge is 0.333 e. The zero-order valence-corrected chi connectivity index (χ0v) is 20.7. The standard InChI is InChI=1S/C26H34N2O6/c1-7-32-24(29)16(4)14-18-12-10-11-13-19(18)22-21(25(30)33-8-2)17(5)28-20(15-27-6)23(22)26(31)34-9-3/h10-15,20-23H,7-9H2,1-6H3. The predicted molar refractivity (Wildman–Crippen MR) is 131 cm³/mol. The van der Waals surface area contributed by atoms with Crippen LogP contribution in [0.5, 0.6) is 0 Å². The van der Waals surface area contributed by atoms with Crippen LogP contribution in [0.1, 0.15) is 51.7 Å². The highest BCUT2D eigenvalue weighted by atomic mass is 16.5. The molecule has 184 valence electrons. The second kappa shape index (κ2) is 12.8. The van der Waals surface area contributed by atoms with Gasteiger partial charge in [-0.25, -0.2) is 4.79 Å². The molecule has 1 aromatic carbocycles.